The Hall–Kier alpha value is -3.02. The number of aromatic hydroxyl groups is 1. The summed E-state index contributed by atoms with van der Waals surface area (Å²) in [4.78, 5) is 15.5. The van der Waals surface area contributed by atoms with Gasteiger partial charge in [-0.15, -0.1) is 0 Å². The number of methoxy groups -OCH3 is 2. The SMILES string of the molecule is COc1ccc(O)c(C=Nc2cc(NC(C)=O)ccc2OC)c1. The lowest BCUT2D eigenvalue weighted by Crippen LogP contribution is -2.05. The van der Waals surface area contributed by atoms with Crippen molar-refractivity contribution in [2.75, 3.05) is 19.5 Å². The van der Waals surface area contributed by atoms with E-state index in [1.54, 1.807) is 37.4 Å². The van der Waals surface area contributed by atoms with E-state index in [1.807, 2.05) is 0 Å². The Bertz CT molecular complexity index is 741. The predicted octanol–water partition coefficient (Wildman–Crippen LogP) is 3.12. The van der Waals surface area contributed by atoms with Crippen molar-refractivity contribution in [2.45, 2.75) is 6.92 Å². The van der Waals surface area contributed by atoms with Crippen LogP contribution in [0, 0.1) is 0 Å². The van der Waals surface area contributed by atoms with Gasteiger partial charge in [0.1, 0.15) is 22.9 Å². The molecule has 0 aliphatic rings. The van der Waals surface area contributed by atoms with Gasteiger partial charge in [-0.3, -0.25) is 9.79 Å². The van der Waals surface area contributed by atoms with E-state index >= 15 is 0 Å². The van der Waals surface area contributed by atoms with E-state index in [9.17, 15) is 9.90 Å². The first kappa shape index (κ1) is 16.4. The van der Waals surface area contributed by atoms with E-state index in [2.05, 4.69) is 10.3 Å². The number of rotatable bonds is 5. The molecule has 0 atom stereocenters. The minimum absolute atomic E-state index is 0.0894. The lowest BCUT2D eigenvalue weighted by atomic mass is 10.2. The van der Waals surface area contributed by atoms with Crippen molar-refractivity contribution in [1.29, 1.82) is 0 Å². The van der Waals surface area contributed by atoms with Gasteiger partial charge in [0.05, 0.1) is 14.2 Å². The number of hydrogen-bond acceptors (Lipinski definition) is 5. The first-order valence-electron chi connectivity index (χ1n) is 6.90. The zero-order chi connectivity index (χ0) is 16.8. The Labute approximate surface area is 134 Å². The molecule has 0 radical (unpaired) electrons. The summed E-state index contributed by atoms with van der Waals surface area (Å²) < 4.78 is 10.4. The number of carbonyl (C=O) groups is 1. The van der Waals surface area contributed by atoms with E-state index in [0.717, 1.165) is 0 Å². The van der Waals surface area contributed by atoms with Gasteiger partial charge in [0.15, 0.2) is 0 Å². The molecule has 0 aromatic heterocycles. The summed E-state index contributed by atoms with van der Waals surface area (Å²) in [5, 5.41) is 12.6. The van der Waals surface area contributed by atoms with Gasteiger partial charge in [0, 0.05) is 24.4 Å². The highest BCUT2D eigenvalue weighted by atomic mass is 16.5. The molecule has 0 bridgehead atoms. The molecular weight excluding hydrogens is 296 g/mol. The quantitative estimate of drug-likeness (QED) is 0.831. The molecule has 2 aromatic carbocycles. The highest BCUT2D eigenvalue weighted by molar-refractivity contribution is 5.90. The van der Waals surface area contributed by atoms with E-state index in [0.29, 0.717) is 28.4 Å². The fourth-order valence-corrected chi connectivity index (χ4v) is 1.97. The number of aliphatic imine (C=N–C) groups is 1. The first-order valence-corrected chi connectivity index (χ1v) is 6.90. The van der Waals surface area contributed by atoms with Gasteiger partial charge < -0.3 is 19.9 Å². The third-order valence-corrected chi connectivity index (χ3v) is 3.08. The van der Waals surface area contributed by atoms with Crippen molar-refractivity contribution in [2.24, 2.45) is 4.99 Å². The zero-order valence-electron chi connectivity index (χ0n) is 13.2. The van der Waals surface area contributed by atoms with Crippen molar-refractivity contribution < 1.29 is 19.4 Å². The number of ether oxygens (including phenoxy) is 2. The summed E-state index contributed by atoms with van der Waals surface area (Å²) in [7, 11) is 3.09. The lowest BCUT2D eigenvalue weighted by molar-refractivity contribution is -0.114. The van der Waals surface area contributed by atoms with Gasteiger partial charge in [0.2, 0.25) is 5.91 Å². The fourth-order valence-electron chi connectivity index (χ4n) is 1.97. The average Bonchev–Trinajstić information content (AvgIpc) is 2.53. The summed E-state index contributed by atoms with van der Waals surface area (Å²) in [5.41, 5.74) is 1.65. The van der Waals surface area contributed by atoms with Gasteiger partial charge in [0.25, 0.3) is 0 Å². The van der Waals surface area contributed by atoms with Crippen LogP contribution < -0.4 is 14.8 Å². The number of phenols is 1. The molecule has 6 heteroatoms. The van der Waals surface area contributed by atoms with Crippen LogP contribution in [0.3, 0.4) is 0 Å². The van der Waals surface area contributed by atoms with Gasteiger partial charge in [-0.25, -0.2) is 0 Å². The molecular formula is C17H18N2O4. The molecule has 0 saturated carbocycles. The number of nitrogens with zero attached hydrogens (tertiary/aromatic N) is 1. The standard InChI is InChI=1S/C17H18N2O4/c1-11(20)19-13-4-7-17(23-3)15(9-13)18-10-12-8-14(22-2)5-6-16(12)21/h4-10,21H,1-3H3,(H,19,20). The third kappa shape index (κ3) is 4.23. The summed E-state index contributed by atoms with van der Waals surface area (Å²) >= 11 is 0. The van der Waals surface area contributed by atoms with Crippen LogP contribution in [0.5, 0.6) is 17.2 Å². The predicted molar refractivity (Wildman–Crippen MR) is 89.2 cm³/mol. The second kappa shape index (κ2) is 7.31. The van der Waals surface area contributed by atoms with Crippen LogP contribution in [0.15, 0.2) is 41.4 Å². The van der Waals surface area contributed by atoms with Crippen molar-refractivity contribution in [3.8, 4) is 17.2 Å². The Morgan fingerprint density at radius 1 is 1.17 bits per heavy atom. The fraction of sp³-hybridized carbons (Fsp3) is 0.176. The second-order valence-electron chi connectivity index (χ2n) is 4.75. The Kier molecular flexibility index (Phi) is 5.19. The molecule has 2 N–H and O–H groups in total. The molecule has 0 aliphatic heterocycles. The number of phenolic OH excluding ortho intramolecular Hbond substituents is 1. The number of nitrogens with one attached hydrogen (secondary N) is 1. The minimum Gasteiger partial charge on any atom is -0.507 e. The number of carbonyl (C=O) groups excluding carboxylic acids is 1. The molecule has 0 spiro atoms. The largest absolute Gasteiger partial charge is 0.507 e. The van der Waals surface area contributed by atoms with Crippen LogP contribution in [-0.4, -0.2) is 31.4 Å². The van der Waals surface area contributed by atoms with Gasteiger partial charge in [-0.05, 0) is 36.4 Å². The van der Waals surface area contributed by atoms with E-state index < -0.39 is 0 Å². The maximum Gasteiger partial charge on any atom is 0.221 e. The van der Waals surface area contributed by atoms with Gasteiger partial charge in [-0.1, -0.05) is 0 Å². The van der Waals surface area contributed by atoms with Crippen molar-refractivity contribution >= 4 is 23.5 Å². The van der Waals surface area contributed by atoms with Crippen molar-refractivity contribution in [3.63, 3.8) is 0 Å². The molecule has 2 aromatic rings. The molecule has 6 nitrogen and oxygen atoms in total. The minimum atomic E-state index is -0.171. The lowest BCUT2D eigenvalue weighted by Gasteiger charge is -2.08. The summed E-state index contributed by atoms with van der Waals surface area (Å²) in [6.45, 7) is 1.43. The van der Waals surface area contributed by atoms with Gasteiger partial charge >= 0.3 is 0 Å². The average molecular weight is 314 g/mol. The number of hydrogen-bond donors (Lipinski definition) is 2. The normalized spacial score (nSPS) is 10.6. The van der Waals surface area contributed by atoms with E-state index in [4.69, 9.17) is 9.47 Å². The van der Waals surface area contributed by atoms with Crippen molar-refractivity contribution in [1.82, 2.24) is 0 Å². The molecule has 0 aliphatic carbocycles. The zero-order valence-corrected chi connectivity index (χ0v) is 13.2. The molecule has 0 saturated heterocycles. The third-order valence-electron chi connectivity index (χ3n) is 3.08. The second-order valence-corrected chi connectivity index (χ2v) is 4.75. The number of benzene rings is 2. The van der Waals surface area contributed by atoms with Crippen LogP contribution in [0.4, 0.5) is 11.4 Å². The van der Waals surface area contributed by atoms with Crippen LogP contribution in [-0.2, 0) is 4.79 Å². The highest BCUT2D eigenvalue weighted by Gasteiger charge is 2.05. The maximum atomic E-state index is 11.1. The van der Waals surface area contributed by atoms with Crippen LogP contribution in [0.2, 0.25) is 0 Å². The Balaban J connectivity index is 2.35. The summed E-state index contributed by atoms with van der Waals surface area (Å²) in [6.07, 6.45) is 1.51. The molecule has 23 heavy (non-hydrogen) atoms. The smallest absolute Gasteiger partial charge is 0.221 e. The van der Waals surface area contributed by atoms with Crippen LogP contribution >= 0.6 is 0 Å². The highest BCUT2D eigenvalue weighted by Crippen LogP contribution is 2.31. The van der Waals surface area contributed by atoms with E-state index in [-0.39, 0.29) is 11.7 Å². The monoisotopic (exact) mass is 314 g/mol. The summed E-state index contributed by atoms with van der Waals surface area (Å²) in [5.74, 6) is 1.09. The maximum absolute atomic E-state index is 11.1. The van der Waals surface area contributed by atoms with Crippen molar-refractivity contribution in [3.05, 3.63) is 42.0 Å². The number of anilines is 1. The number of amides is 1. The Morgan fingerprint density at radius 3 is 2.61 bits per heavy atom. The molecule has 0 unspecified atom stereocenters. The summed E-state index contributed by atoms with van der Waals surface area (Å²) in [6, 6.07) is 9.98. The topological polar surface area (TPSA) is 80.2 Å². The van der Waals surface area contributed by atoms with E-state index in [1.165, 1.54) is 26.3 Å². The van der Waals surface area contributed by atoms with Crippen LogP contribution in [0.1, 0.15) is 12.5 Å². The molecule has 1 amide bonds. The van der Waals surface area contributed by atoms with Crippen LogP contribution in [0.25, 0.3) is 0 Å². The molecule has 2 rings (SSSR count). The Morgan fingerprint density at radius 2 is 1.96 bits per heavy atom. The molecule has 0 fully saturated rings. The molecule has 0 heterocycles. The van der Waals surface area contributed by atoms with Gasteiger partial charge in [-0.2, -0.15) is 0 Å². The first-order chi connectivity index (χ1) is 11.0. The molecule has 120 valence electrons.